The van der Waals surface area contributed by atoms with Crippen molar-refractivity contribution < 1.29 is 14.5 Å². The standard InChI is InChI=1S/C14H15N3O4/c1-10-13(17(19)20)11(2)16(15-10)8-9-21-14(18)12-6-4-3-5-7-12/h3-7H,8-9H2,1-2H3. The van der Waals surface area contributed by atoms with Gasteiger partial charge in [0.15, 0.2) is 0 Å². The minimum absolute atomic E-state index is 0.00406. The first-order valence-corrected chi connectivity index (χ1v) is 6.41. The van der Waals surface area contributed by atoms with Crippen molar-refractivity contribution in [2.24, 2.45) is 0 Å². The molecular formula is C14H15N3O4. The molecule has 0 bridgehead atoms. The summed E-state index contributed by atoms with van der Waals surface area (Å²) in [6.07, 6.45) is 0. The molecule has 0 aliphatic rings. The van der Waals surface area contributed by atoms with E-state index in [4.69, 9.17) is 4.74 Å². The van der Waals surface area contributed by atoms with Crippen molar-refractivity contribution in [1.29, 1.82) is 0 Å². The van der Waals surface area contributed by atoms with E-state index in [-0.39, 0.29) is 18.8 Å². The normalized spacial score (nSPS) is 10.4. The van der Waals surface area contributed by atoms with Gasteiger partial charge >= 0.3 is 11.7 Å². The molecule has 0 amide bonds. The smallest absolute Gasteiger partial charge is 0.338 e. The van der Waals surface area contributed by atoms with E-state index in [1.165, 1.54) is 4.68 Å². The SMILES string of the molecule is Cc1nn(CCOC(=O)c2ccccc2)c(C)c1[N+](=O)[O-]. The van der Waals surface area contributed by atoms with E-state index in [9.17, 15) is 14.9 Å². The molecule has 1 aromatic carbocycles. The molecule has 0 fully saturated rings. The van der Waals surface area contributed by atoms with E-state index >= 15 is 0 Å². The van der Waals surface area contributed by atoms with Gasteiger partial charge in [-0.05, 0) is 26.0 Å². The molecular weight excluding hydrogens is 274 g/mol. The number of esters is 1. The minimum Gasteiger partial charge on any atom is -0.460 e. The quantitative estimate of drug-likeness (QED) is 0.478. The Hall–Kier alpha value is -2.70. The molecule has 1 heterocycles. The van der Waals surface area contributed by atoms with Crippen LogP contribution < -0.4 is 0 Å². The highest BCUT2D eigenvalue weighted by molar-refractivity contribution is 5.89. The van der Waals surface area contributed by atoms with Crippen LogP contribution in [-0.2, 0) is 11.3 Å². The lowest BCUT2D eigenvalue weighted by molar-refractivity contribution is -0.386. The number of nitro groups is 1. The number of hydrogen-bond acceptors (Lipinski definition) is 5. The molecule has 0 saturated heterocycles. The van der Waals surface area contributed by atoms with Gasteiger partial charge in [0.05, 0.1) is 17.0 Å². The Morgan fingerprint density at radius 3 is 2.57 bits per heavy atom. The van der Waals surface area contributed by atoms with Gasteiger partial charge in [-0.15, -0.1) is 0 Å². The number of aryl methyl sites for hydroxylation is 1. The molecule has 0 atom stereocenters. The predicted molar refractivity (Wildman–Crippen MR) is 75.1 cm³/mol. The summed E-state index contributed by atoms with van der Waals surface area (Å²) in [5.41, 5.74) is 1.28. The molecule has 0 radical (unpaired) electrons. The monoisotopic (exact) mass is 289 g/mol. The second-order valence-electron chi connectivity index (χ2n) is 4.50. The zero-order valence-corrected chi connectivity index (χ0v) is 11.8. The van der Waals surface area contributed by atoms with Gasteiger partial charge in [0.2, 0.25) is 0 Å². The summed E-state index contributed by atoms with van der Waals surface area (Å²) in [7, 11) is 0. The van der Waals surface area contributed by atoms with Crippen molar-refractivity contribution in [3.8, 4) is 0 Å². The van der Waals surface area contributed by atoms with Crippen molar-refractivity contribution >= 4 is 11.7 Å². The molecule has 1 aromatic heterocycles. The second kappa shape index (κ2) is 6.17. The summed E-state index contributed by atoms with van der Waals surface area (Å²) >= 11 is 0. The highest BCUT2D eigenvalue weighted by Crippen LogP contribution is 2.21. The Balaban J connectivity index is 1.97. The van der Waals surface area contributed by atoms with Crippen molar-refractivity contribution in [2.75, 3.05) is 6.61 Å². The molecule has 0 unspecified atom stereocenters. The number of benzene rings is 1. The second-order valence-corrected chi connectivity index (χ2v) is 4.50. The Morgan fingerprint density at radius 1 is 1.33 bits per heavy atom. The molecule has 7 heteroatoms. The lowest BCUT2D eigenvalue weighted by atomic mass is 10.2. The molecule has 0 spiro atoms. The van der Waals surface area contributed by atoms with Crippen LogP contribution in [0.25, 0.3) is 0 Å². The molecule has 2 rings (SSSR count). The van der Waals surface area contributed by atoms with Crippen molar-refractivity contribution in [1.82, 2.24) is 9.78 Å². The van der Waals surface area contributed by atoms with Gasteiger partial charge in [0, 0.05) is 0 Å². The predicted octanol–water partition coefficient (Wildman–Crippen LogP) is 2.27. The molecule has 0 saturated carbocycles. The van der Waals surface area contributed by atoms with Gasteiger partial charge in [-0.2, -0.15) is 5.10 Å². The number of rotatable bonds is 5. The third kappa shape index (κ3) is 3.25. The molecule has 7 nitrogen and oxygen atoms in total. The van der Waals surface area contributed by atoms with Crippen LogP contribution in [0.15, 0.2) is 30.3 Å². The van der Waals surface area contributed by atoms with Crippen LogP contribution in [0.2, 0.25) is 0 Å². The van der Waals surface area contributed by atoms with Crippen molar-refractivity contribution in [3.05, 3.63) is 57.4 Å². The average molecular weight is 289 g/mol. The van der Waals surface area contributed by atoms with Crippen molar-refractivity contribution in [2.45, 2.75) is 20.4 Å². The molecule has 0 aliphatic carbocycles. The molecule has 2 aromatic rings. The lowest BCUT2D eigenvalue weighted by Crippen LogP contribution is -2.13. The van der Waals surface area contributed by atoms with Crippen LogP contribution >= 0.6 is 0 Å². The lowest BCUT2D eigenvalue weighted by Gasteiger charge is -2.06. The third-order valence-corrected chi connectivity index (χ3v) is 3.07. The van der Waals surface area contributed by atoms with Crippen LogP contribution in [0.4, 0.5) is 5.69 Å². The highest BCUT2D eigenvalue weighted by atomic mass is 16.6. The number of carbonyl (C=O) groups excluding carboxylic acids is 1. The summed E-state index contributed by atoms with van der Waals surface area (Å²) in [6, 6.07) is 8.64. The topological polar surface area (TPSA) is 87.3 Å². The Kier molecular flexibility index (Phi) is 4.32. The van der Waals surface area contributed by atoms with E-state index < -0.39 is 10.9 Å². The zero-order valence-electron chi connectivity index (χ0n) is 11.8. The Morgan fingerprint density at radius 2 is 2.00 bits per heavy atom. The van der Waals surface area contributed by atoms with Gasteiger partial charge in [-0.1, -0.05) is 18.2 Å². The van der Waals surface area contributed by atoms with Crippen LogP contribution in [-0.4, -0.2) is 27.3 Å². The fourth-order valence-electron chi connectivity index (χ4n) is 2.05. The third-order valence-electron chi connectivity index (χ3n) is 3.07. The fraction of sp³-hybridized carbons (Fsp3) is 0.286. The van der Waals surface area contributed by atoms with E-state index in [2.05, 4.69) is 5.10 Å². The molecule has 0 N–H and O–H groups in total. The summed E-state index contributed by atoms with van der Waals surface area (Å²) in [5, 5.41) is 15.0. The van der Waals surface area contributed by atoms with Crippen LogP contribution in [0.3, 0.4) is 0 Å². The van der Waals surface area contributed by atoms with Crippen LogP contribution in [0.5, 0.6) is 0 Å². The average Bonchev–Trinajstić information content (AvgIpc) is 2.74. The van der Waals surface area contributed by atoms with Gasteiger partial charge in [-0.3, -0.25) is 14.8 Å². The Bertz CT molecular complexity index is 664. The van der Waals surface area contributed by atoms with E-state index in [1.54, 1.807) is 38.1 Å². The molecule has 110 valence electrons. The van der Waals surface area contributed by atoms with Gasteiger partial charge < -0.3 is 4.74 Å². The number of nitrogens with zero attached hydrogens (tertiary/aromatic N) is 3. The highest BCUT2D eigenvalue weighted by Gasteiger charge is 2.21. The van der Waals surface area contributed by atoms with Gasteiger partial charge in [-0.25, -0.2) is 4.79 Å². The fourth-order valence-corrected chi connectivity index (χ4v) is 2.05. The molecule has 21 heavy (non-hydrogen) atoms. The number of hydrogen-bond donors (Lipinski definition) is 0. The van der Waals surface area contributed by atoms with E-state index in [0.29, 0.717) is 17.0 Å². The van der Waals surface area contributed by atoms with Gasteiger partial charge in [0.1, 0.15) is 18.0 Å². The van der Waals surface area contributed by atoms with Crippen LogP contribution in [0.1, 0.15) is 21.7 Å². The van der Waals surface area contributed by atoms with E-state index in [1.807, 2.05) is 6.07 Å². The summed E-state index contributed by atoms with van der Waals surface area (Å²) in [4.78, 5) is 22.2. The number of aromatic nitrogens is 2. The number of carbonyl (C=O) groups is 1. The summed E-state index contributed by atoms with van der Waals surface area (Å²) < 4.78 is 6.60. The first-order valence-electron chi connectivity index (χ1n) is 6.41. The maximum absolute atomic E-state index is 11.7. The maximum atomic E-state index is 11.7. The number of ether oxygens (including phenoxy) is 1. The minimum atomic E-state index is -0.454. The van der Waals surface area contributed by atoms with E-state index in [0.717, 1.165) is 0 Å². The maximum Gasteiger partial charge on any atom is 0.338 e. The Labute approximate surface area is 121 Å². The van der Waals surface area contributed by atoms with Gasteiger partial charge in [0.25, 0.3) is 0 Å². The first-order chi connectivity index (χ1) is 10.0. The first kappa shape index (κ1) is 14.7. The zero-order chi connectivity index (χ0) is 15.4. The molecule has 0 aliphatic heterocycles. The van der Waals surface area contributed by atoms with Crippen molar-refractivity contribution in [3.63, 3.8) is 0 Å². The summed E-state index contributed by atoms with van der Waals surface area (Å²) in [5.74, 6) is -0.424. The summed E-state index contributed by atoms with van der Waals surface area (Å²) in [6.45, 7) is 3.58. The largest absolute Gasteiger partial charge is 0.460 e. The van der Waals surface area contributed by atoms with Crippen LogP contribution in [0, 0.1) is 24.0 Å².